The van der Waals surface area contributed by atoms with Gasteiger partial charge in [-0.25, -0.2) is 4.79 Å². The molecule has 1 heterocycles. The number of carbonyl (C=O) groups is 1. The molecule has 1 saturated heterocycles. The van der Waals surface area contributed by atoms with E-state index in [4.69, 9.17) is 9.47 Å². The molecule has 7 heteroatoms. The average Bonchev–Trinajstić information content (AvgIpc) is 3.04. The molecule has 0 saturated carbocycles. The molecule has 1 fully saturated rings. The lowest BCUT2D eigenvalue weighted by atomic mass is 9.99. The Kier molecular flexibility index (Phi) is 17.5. The summed E-state index contributed by atoms with van der Waals surface area (Å²) >= 11 is 0. The highest BCUT2D eigenvalue weighted by Crippen LogP contribution is 2.38. The standard InChI is InChI=1S/C37H59N3O4/c1-4-7-9-11-13-15-24-40(25-16-14-12-10-8-5-2)28-34-27-35(31-22-20-30(29-41)21-23-31)44-36(43-34)32-18-17-19-33(26-32)39-37(42)38-6-3/h17-23,26,34-36,41H,4-16,24-25,27-29H2,1-3H3,(H2,38,39,42). The Morgan fingerprint density at radius 2 is 1.45 bits per heavy atom. The summed E-state index contributed by atoms with van der Waals surface area (Å²) in [4.78, 5) is 14.8. The Morgan fingerprint density at radius 1 is 0.818 bits per heavy atom. The molecule has 0 aromatic heterocycles. The van der Waals surface area contributed by atoms with Crippen LogP contribution in [0.15, 0.2) is 48.5 Å². The third-order valence-electron chi connectivity index (χ3n) is 8.49. The van der Waals surface area contributed by atoms with Crippen LogP contribution in [0.3, 0.4) is 0 Å². The van der Waals surface area contributed by atoms with E-state index in [2.05, 4.69) is 41.5 Å². The van der Waals surface area contributed by atoms with Crippen molar-refractivity contribution in [3.8, 4) is 0 Å². The van der Waals surface area contributed by atoms with Gasteiger partial charge in [-0.15, -0.1) is 0 Å². The van der Waals surface area contributed by atoms with Crippen LogP contribution in [0.25, 0.3) is 0 Å². The van der Waals surface area contributed by atoms with Gasteiger partial charge in [-0.05, 0) is 56.1 Å². The van der Waals surface area contributed by atoms with Crippen molar-refractivity contribution in [2.75, 3.05) is 31.5 Å². The Balaban J connectivity index is 1.73. The summed E-state index contributed by atoms with van der Waals surface area (Å²) in [5, 5.41) is 15.3. The number of benzene rings is 2. The topological polar surface area (TPSA) is 83.1 Å². The minimum absolute atomic E-state index is 0.0106. The molecule has 3 unspecified atom stereocenters. The maximum atomic E-state index is 12.2. The molecule has 7 nitrogen and oxygen atoms in total. The van der Waals surface area contributed by atoms with Gasteiger partial charge >= 0.3 is 6.03 Å². The minimum Gasteiger partial charge on any atom is -0.392 e. The molecule has 44 heavy (non-hydrogen) atoms. The molecular weight excluding hydrogens is 550 g/mol. The maximum absolute atomic E-state index is 12.2. The predicted octanol–water partition coefficient (Wildman–Crippen LogP) is 8.89. The first-order chi connectivity index (χ1) is 21.6. The van der Waals surface area contributed by atoms with E-state index < -0.39 is 6.29 Å². The molecule has 2 aromatic rings. The Morgan fingerprint density at radius 3 is 2.07 bits per heavy atom. The van der Waals surface area contributed by atoms with Crippen molar-refractivity contribution < 1.29 is 19.4 Å². The zero-order valence-electron chi connectivity index (χ0n) is 27.7. The predicted molar refractivity (Wildman–Crippen MR) is 181 cm³/mol. The lowest BCUT2D eigenvalue weighted by molar-refractivity contribution is -0.253. The number of carbonyl (C=O) groups excluding carboxylic acids is 1. The summed E-state index contributed by atoms with van der Waals surface area (Å²) in [5.74, 6) is 0. The van der Waals surface area contributed by atoms with E-state index in [-0.39, 0.29) is 24.8 Å². The van der Waals surface area contributed by atoms with Gasteiger partial charge in [0.25, 0.3) is 0 Å². The summed E-state index contributed by atoms with van der Waals surface area (Å²) in [6.45, 7) is 10.1. The van der Waals surface area contributed by atoms with Crippen LogP contribution >= 0.6 is 0 Å². The van der Waals surface area contributed by atoms with Crippen LogP contribution in [-0.4, -0.2) is 48.3 Å². The SMILES string of the molecule is CCCCCCCCN(CCCCCCCC)CC1CC(c2ccc(CO)cc2)OC(c2cccc(NC(=O)NCC)c2)O1. The zero-order chi connectivity index (χ0) is 31.4. The number of hydrogen-bond donors (Lipinski definition) is 3. The molecule has 246 valence electrons. The molecule has 0 bridgehead atoms. The Bertz CT molecular complexity index is 1030. The van der Waals surface area contributed by atoms with Gasteiger partial charge < -0.3 is 30.1 Å². The van der Waals surface area contributed by atoms with Crippen molar-refractivity contribution in [2.45, 2.75) is 129 Å². The summed E-state index contributed by atoms with van der Waals surface area (Å²) in [6, 6.07) is 15.6. The largest absolute Gasteiger partial charge is 0.392 e. The second kappa shape index (κ2) is 21.3. The fourth-order valence-electron chi connectivity index (χ4n) is 5.95. The fraction of sp³-hybridized carbons (Fsp3) is 0.649. The monoisotopic (exact) mass is 609 g/mol. The molecule has 1 aliphatic rings. The molecule has 3 N–H and O–H groups in total. The summed E-state index contributed by atoms with van der Waals surface area (Å²) < 4.78 is 13.3. The van der Waals surface area contributed by atoms with E-state index in [1.54, 1.807) is 0 Å². The number of aliphatic hydroxyl groups excluding tert-OH is 1. The highest BCUT2D eigenvalue weighted by Gasteiger charge is 2.33. The van der Waals surface area contributed by atoms with Gasteiger partial charge in [0, 0.05) is 30.8 Å². The van der Waals surface area contributed by atoms with Crippen LogP contribution in [0, 0.1) is 0 Å². The van der Waals surface area contributed by atoms with E-state index in [9.17, 15) is 9.90 Å². The molecule has 1 aliphatic heterocycles. The number of amides is 2. The highest BCUT2D eigenvalue weighted by molar-refractivity contribution is 5.89. The number of nitrogens with zero attached hydrogens (tertiary/aromatic N) is 1. The van der Waals surface area contributed by atoms with Crippen LogP contribution in [-0.2, 0) is 16.1 Å². The quantitative estimate of drug-likeness (QED) is 0.123. The van der Waals surface area contributed by atoms with Crippen LogP contribution in [0.5, 0.6) is 0 Å². The number of ether oxygens (including phenoxy) is 2. The molecule has 3 rings (SSSR count). The number of unbranched alkanes of at least 4 members (excludes halogenated alkanes) is 10. The highest BCUT2D eigenvalue weighted by atomic mass is 16.7. The maximum Gasteiger partial charge on any atom is 0.319 e. The van der Waals surface area contributed by atoms with Crippen LogP contribution in [0.2, 0.25) is 0 Å². The molecule has 0 radical (unpaired) electrons. The van der Waals surface area contributed by atoms with Crippen LogP contribution in [0.1, 0.15) is 133 Å². The fourth-order valence-corrected chi connectivity index (χ4v) is 5.95. The van der Waals surface area contributed by atoms with E-state index in [1.807, 2.05) is 43.3 Å². The molecule has 0 spiro atoms. The molecular formula is C37H59N3O4. The van der Waals surface area contributed by atoms with Crippen molar-refractivity contribution in [3.05, 3.63) is 65.2 Å². The van der Waals surface area contributed by atoms with Gasteiger partial charge in [0.05, 0.1) is 18.8 Å². The normalized spacial score (nSPS) is 18.4. The average molecular weight is 610 g/mol. The Labute approximate surface area is 267 Å². The van der Waals surface area contributed by atoms with Crippen molar-refractivity contribution in [1.29, 1.82) is 0 Å². The Hall–Kier alpha value is -2.45. The number of rotatable bonds is 21. The van der Waals surface area contributed by atoms with Gasteiger partial charge in [0.2, 0.25) is 0 Å². The van der Waals surface area contributed by atoms with Crippen LogP contribution < -0.4 is 10.6 Å². The summed E-state index contributed by atoms with van der Waals surface area (Å²) in [7, 11) is 0. The first-order valence-electron chi connectivity index (χ1n) is 17.4. The molecule has 2 amide bonds. The number of aliphatic hydroxyl groups is 1. The van der Waals surface area contributed by atoms with Gasteiger partial charge in [0.1, 0.15) is 0 Å². The van der Waals surface area contributed by atoms with E-state index >= 15 is 0 Å². The van der Waals surface area contributed by atoms with E-state index in [0.717, 1.165) is 42.7 Å². The number of anilines is 1. The van der Waals surface area contributed by atoms with E-state index in [1.165, 1.54) is 77.0 Å². The van der Waals surface area contributed by atoms with Gasteiger partial charge in [-0.2, -0.15) is 0 Å². The number of nitrogens with one attached hydrogen (secondary N) is 2. The van der Waals surface area contributed by atoms with Crippen molar-refractivity contribution in [2.24, 2.45) is 0 Å². The van der Waals surface area contributed by atoms with Gasteiger partial charge in [-0.1, -0.05) is 114 Å². The zero-order valence-corrected chi connectivity index (χ0v) is 27.7. The number of urea groups is 1. The summed E-state index contributed by atoms with van der Waals surface area (Å²) in [6.07, 6.45) is 15.7. The molecule has 0 aliphatic carbocycles. The third kappa shape index (κ3) is 13.3. The first kappa shape index (κ1) is 36.0. The lowest BCUT2D eigenvalue weighted by Crippen LogP contribution is -2.40. The third-order valence-corrected chi connectivity index (χ3v) is 8.49. The van der Waals surface area contributed by atoms with Gasteiger partial charge in [-0.3, -0.25) is 0 Å². The second-order valence-corrected chi connectivity index (χ2v) is 12.3. The first-order valence-corrected chi connectivity index (χ1v) is 17.4. The van der Waals surface area contributed by atoms with Crippen molar-refractivity contribution in [1.82, 2.24) is 10.2 Å². The number of hydrogen-bond acceptors (Lipinski definition) is 5. The van der Waals surface area contributed by atoms with Crippen molar-refractivity contribution in [3.63, 3.8) is 0 Å². The second-order valence-electron chi connectivity index (χ2n) is 12.3. The van der Waals surface area contributed by atoms with Crippen molar-refractivity contribution >= 4 is 11.7 Å². The van der Waals surface area contributed by atoms with E-state index in [0.29, 0.717) is 12.2 Å². The smallest absolute Gasteiger partial charge is 0.319 e. The summed E-state index contributed by atoms with van der Waals surface area (Å²) in [5.41, 5.74) is 3.58. The van der Waals surface area contributed by atoms with Crippen LogP contribution in [0.4, 0.5) is 10.5 Å². The van der Waals surface area contributed by atoms with Gasteiger partial charge in [0.15, 0.2) is 6.29 Å². The molecule has 2 aromatic carbocycles. The minimum atomic E-state index is -0.544. The molecule has 3 atom stereocenters. The lowest BCUT2D eigenvalue weighted by Gasteiger charge is -2.38.